The van der Waals surface area contributed by atoms with Gasteiger partial charge in [-0.15, -0.1) is 0 Å². The number of Topliss-reactive ketones (excluding diaryl/α,β-unsaturated/α-hetero) is 1. The van der Waals surface area contributed by atoms with E-state index in [2.05, 4.69) is 4.99 Å². The summed E-state index contributed by atoms with van der Waals surface area (Å²) < 4.78 is 24.4. The Morgan fingerprint density at radius 3 is 2.29 bits per heavy atom. The predicted octanol–water partition coefficient (Wildman–Crippen LogP) is 4.20. The van der Waals surface area contributed by atoms with E-state index in [1.165, 1.54) is 49.4 Å². The van der Waals surface area contributed by atoms with Gasteiger partial charge in [0.25, 0.3) is 5.56 Å². The lowest BCUT2D eigenvalue weighted by molar-refractivity contribution is -0.115. The molecule has 1 atom stereocenters. The molecule has 0 spiro atoms. The number of allylic oxidation sites excluding steroid dienone is 2. The van der Waals surface area contributed by atoms with Crippen molar-refractivity contribution in [2.45, 2.75) is 26.3 Å². The average Bonchev–Trinajstić information content (AvgIpc) is 3.59. The van der Waals surface area contributed by atoms with Gasteiger partial charge in [0.15, 0.2) is 22.1 Å². The zero-order chi connectivity index (χ0) is 30.1. The van der Waals surface area contributed by atoms with Crippen LogP contribution in [-0.4, -0.2) is 42.8 Å². The fourth-order valence-corrected chi connectivity index (χ4v) is 5.96. The molecule has 0 bridgehead atoms. The van der Waals surface area contributed by atoms with Crippen molar-refractivity contribution in [3.8, 4) is 28.6 Å². The molecular formula is C31H28N2O8S. The van der Waals surface area contributed by atoms with Gasteiger partial charge in [0.05, 0.1) is 37.5 Å². The highest BCUT2D eigenvalue weighted by atomic mass is 32.1. The van der Waals surface area contributed by atoms with Crippen LogP contribution in [0.25, 0.3) is 17.4 Å². The second kappa shape index (κ2) is 11.5. The Hall–Kier alpha value is -4.90. The lowest BCUT2D eigenvalue weighted by atomic mass is 9.91. The second-order valence-electron chi connectivity index (χ2n) is 9.40. The summed E-state index contributed by atoms with van der Waals surface area (Å²) in [4.78, 5) is 43.4. The van der Waals surface area contributed by atoms with Gasteiger partial charge in [-0.25, -0.2) is 9.79 Å². The van der Waals surface area contributed by atoms with Crippen molar-refractivity contribution in [3.05, 3.63) is 96.4 Å². The molecule has 1 unspecified atom stereocenters. The molecule has 1 N–H and O–H groups in total. The fraction of sp³-hybridized carbons (Fsp3) is 0.226. The third-order valence-corrected chi connectivity index (χ3v) is 7.95. The molecule has 0 radical (unpaired) electrons. The Morgan fingerprint density at radius 1 is 1.05 bits per heavy atom. The Morgan fingerprint density at radius 2 is 1.71 bits per heavy atom. The normalized spacial score (nSPS) is 14.8. The summed E-state index contributed by atoms with van der Waals surface area (Å²) in [7, 11) is 4.51. The third kappa shape index (κ3) is 5.03. The Balaban J connectivity index is 1.65. The van der Waals surface area contributed by atoms with Gasteiger partial charge in [0.1, 0.15) is 11.5 Å². The number of carbonyl (C=O) groups is 2. The summed E-state index contributed by atoms with van der Waals surface area (Å²) >= 11 is 1.19. The summed E-state index contributed by atoms with van der Waals surface area (Å²) in [6.45, 7) is 3.53. The van der Waals surface area contributed by atoms with Crippen LogP contribution in [0, 0.1) is 0 Å². The average molecular weight is 589 g/mol. The molecule has 10 nitrogen and oxygen atoms in total. The van der Waals surface area contributed by atoms with Crippen LogP contribution in [-0.2, 0) is 4.79 Å². The summed E-state index contributed by atoms with van der Waals surface area (Å²) in [5, 5.41) is 9.15. The van der Waals surface area contributed by atoms with Crippen molar-refractivity contribution in [2.75, 3.05) is 21.3 Å². The molecule has 1 aliphatic rings. The molecule has 0 amide bonds. The van der Waals surface area contributed by atoms with E-state index in [0.29, 0.717) is 60.5 Å². The van der Waals surface area contributed by atoms with Gasteiger partial charge in [0, 0.05) is 29.3 Å². The highest BCUT2D eigenvalue weighted by Gasteiger charge is 2.33. The maximum absolute atomic E-state index is 13.9. The quantitative estimate of drug-likeness (QED) is 0.308. The maximum Gasteiger partial charge on any atom is 0.335 e. The number of nitrogens with zero attached hydrogens (tertiary/aromatic N) is 2. The van der Waals surface area contributed by atoms with Crippen molar-refractivity contribution >= 4 is 29.2 Å². The first-order chi connectivity index (χ1) is 20.2. The molecule has 0 aliphatic carbocycles. The van der Waals surface area contributed by atoms with Crippen LogP contribution < -0.4 is 29.1 Å². The Kier molecular flexibility index (Phi) is 7.86. The minimum Gasteiger partial charge on any atom is -0.493 e. The van der Waals surface area contributed by atoms with Crippen LogP contribution in [0.15, 0.2) is 74.0 Å². The highest BCUT2D eigenvalue weighted by molar-refractivity contribution is 7.07. The van der Waals surface area contributed by atoms with Gasteiger partial charge < -0.3 is 23.7 Å². The van der Waals surface area contributed by atoms with Crippen molar-refractivity contribution in [1.82, 2.24) is 4.57 Å². The number of hydrogen-bond acceptors (Lipinski definition) is 9. The van der Waals surface area contributed by atoms with Gasteiger partial charge in [-0.1, -0.05) is 30.4 Å². The molecule has 11 heteroatoms. The summed E-state index contributed by atoms with van der Waals surface area (Å²) in [6, 6.07) is 12.5. The number of aromatic nitrogens is 1. The van der Waals surface area contributed by atoms with E-state index in [0.717, 1.165) is 0 Å². The summed E-state index contributed by atoms with van der Waals surface area (Å²) in [5.41, 5.74) is 2.07. The topological polar surface area (TPSA) is 130 Å². The van der Waals surface area contributed by atoms with Crippen LogP contribution in [0.3, 0.4) is 0 Å². The number of ketones is 1. The van der Waals surface area contributed by atoms with E-state index in [9.17, 15) is 14.4 Å². The number of carboxylic acids is 1. The molecule has 1 aliphatic heterocycles. The monoisotopic (exact) mass is 588 g/mol. The fourth-order valence-electron chi connectivity index (χ4n) is 4.93. The Bertz CT molecular complexity index is 1890. The molecule has 3 heterocycles. The molecule has 4 aromatic rings. The molecule has 2 aromatic heterocycles. The van der Waals surface area contributed by atoms with E-state index in [1.807, 2.05) is 0 Å². The van der Waals surface area contributed by atoms with Crippen molar-refractivity contribution in [1.29, 1.82) is 0 Å². The lowest BCUT2D eigenvalue weighted by Gasteiger charge is -2.26. The number of benzene rings is 2. The smallest absolute Gasteiger partial charge is 0.335 e. The van der Waals surface area contributed by atoms with Gasteiger partial charge in [-0.2, -0.15) is 0 Å². The van der Waals surface area contributed by atoms with Gasteiger partial charge in [-0.05, 0) is 48.9 Å². The van der Waals surface area contributed by atoms with Crippen LogP contribution in [0.5, 0.6) is 17.2 Å². The number of rotatable bonds is 9. The van der Waals surface area contributed by atoms with E-state index < -0.39 is 12.0 Å². The van der Waals surface area contributed by atoms with Crippen molar-refractivity contribution < 1.29 is 33.3 Å². The van der Waals surface area contributed by atoms with E-state index in [4.69, 9.17) is 23.7 Å². The highest BCUT2D eigenvalue weighted by Crippen LogP contribution is 2.42. The molecule has 0 fully saturated rings. The molecule has 0 saturated heterocycles. The summed E-state index contributed by atoms with van der Waals surface area (Å²) in [5.74, 6) is 0.995. The second-order valence-corrected chi connectivity index (χ2v) is 10.4. The molecule has 2 aromatic carbocycles. The van der Waals surface area contributed by atoms with Crippen molar-refractivity contribution in [3.63, 3.8) is 0 Å². The predicted molar refractivity (Wildman–Crippen MR) is 156 cm³/mol. The molecule has 0 saturated carbocycles. The first-order valence-electron chi connectivity index (χ1n) is 13.0. The Labute approximate surface area is 244 Å². The van der Waals surface area contributed by atoms with Gasteiger partial charge in [0.2, 0.25) is 5.75 Å². The number of furan rings is 1. The van der Waals surface area contributed by atoms with E-state index >= 15 is 0 Å². The van der Waals surface area contributed by atoms with E-state index in [1.54, 1.807) is 56.3 Å². The third-order valence-electron chi connectivity index (χ3n) is 6.96. The number of hydrogen-bond donors (Lipinski definition) is 1. The van der Waals surface area contributed by atoms with E-state index in [-0.39, 0.29) is 23.3 Å². The van der Waals surface area contributed by atoms with Crippen LogP contribution in [0.4, 0.5) is 0 Å². The zero-order valence-corrected chi connectivity index (χ0v) is 24.4. The minimum absolute atomic E-state index is 0.131. The van der Waals surface area contributed by atoms with Crippen LogP contribution in [0.2, 0.25) is 0 Å². The first kappa shape index (κ1) is 28.6. The number of thiazole rings is 1. The first-order valence-corrected chi connectivity index (χ1v) is 13.8. The standard InChI is InChI=1S/C31H28N2O8S/c1-6-21(34)26-16(2)32-31-33(27(26)19-13-23(38-3)28(40-5)24(14-19)39-4)29(35)25(42-31)15-20-11-12-22(41-20)17-7-9-18(10-8-17)30(36)37/h7-15,27H,6H2,1-5H3,(H,36,37)/b25-15-. The molecule has 5 rings (SSSR count). The minimum atomic E-state index is -1.01. The molecule has 216 valence electrons. The number of carbonyl (C=O) groups excluding carboxylic acids is 1. The number of aromatic carboxylic acids is 1. The van der Waals surface area contributed by atoms with Crippen molar-refractivity contribution in [2.24, 2.45) is 4.99 Å². The number of ether oxygens (including phenoxy) is 3. The van der Waals surface area contributed by atoms with Crippen LogP contribution >= 0.6 is 11.3 Å². The lowest BCUT2D eigenvalue weighted by Crippen LogP contribution is -2.39. The molecular weight excluding hydrogens is 560 g/mol. The van der Waals surface area contributed by atoms with Crippen LogP contribution in [0.1, 0.15) is 48.0 Å². The summed E-state index contributed by atoms with van der Waals surface area (Å²) in [6.07, 6.45) is 1.87. The molecule has 42 heavy (non-hydrogen) atoms. The number of fused-ring (bicyclic) bond motifs is 1. The SMILES string of the molecule is CCC(=O)C1=C(C)N=c2s/c(=C\c3ccc(-c4ccc(C(=O)O)cc4)o3)c(=O)n2C1c1cc(OC)c(OC)c(OC)c1. The maximum atomic E-state index is 13.9. The number of methoxy groups -OCH3 is 3. The van der Waals surface area contributed by atoms with Gasteiger partial charge in [-0.3, -0.25) is 14.2 Å². The zero-order valence-electron chi connectivity index (χ0n) is 23.6. The number of carboxylic acid groups (broad SMARTS) is 1. The largest absolute Gasteiger partial charge is 0.493 e. The van der Waals surface area contributed by atoms with Gasteiger partial charge >= 0.3 is 5.97 Å².